The summed E-state index contributed by atoms with van der Waals surface area (Å²) in [5, 5.41) is 12.7. The van der Waals surface area contributed by atoms with Gasteiger partial charge in [0.2, 0.25) is 0 Å². The van der Waals surface area contributed by atoms with Gasteiger partial charge in [-0.05, 0) is 18.4 Å². The lowest BCUT2D eigenvalue weighted by molar-refractivity contribution is 0.0950. The summed E-state index contributed by atoms with van der Waals surface area (Å²) >= 11 is 1.55. The first-order valence-electron chi connectivity index (χ1n) is 5.99. The van der Waals surface area contributed by atoms with Gasteiger partial charge in [-0.1, -0.05) is 23.9 Å². The Morgan fingerprint density at radius 3 is 2.90 bits per heavy atom. The van der Waals surface area contributed by atoms with E-state index in [2.05, 4.69) is 10.3 Å². The molecule has 0 atom stereocenters. The Hall–Kier alpha value is -2.26. The number of rotatable bonds is 4. The highest BCUT2D eigenvalue weighted by atomic mass is 32.2. The Morgan fingerprint density at radius 2 is 2.25 bits per heavy atom. The Bertz CT molecular complexity index is 672. The van der Waals surface area contributed by atoms with Crippen molar-refractivity contribution < 1.29 is 4.79 Å². The van der Waals surface area contributed by atoms with Crippen molar-refractivity contribution in [2.75, 3.05) is 6.26 Å². The third kappa shape index (κ3) is 2.83. The lowest BCUT2D eigenvalue weighted by atomic mass is 10.1. The molecule has 6 heteroatoms. The summed E-state index contributed by atoms with van der Waals surface area (Å²) < 4.78 is 1.93. The maximum absolute atomic E-state index is 12.1. The van der Waals surface area contributed by atoms with Crippen molar-refractivity contribution in [2.24, 2.45) is 7.05 Å². The molecule has 0 spiro atoms. The van der Waals surface area contributed by atoms with Gasteiger partial charge in [0.25, 0.3) is 5.91 Å². The van der Waals surface area contributed by atoms with Gasteiger partial charge in [0.1, 0.15) is 0 Å². The molecule has 1 heterocycles. The highest BCUT2D eigenvalue weighted by molar-refractivity contribution is 7.98. The van der Waals surface area contributed by atoms with E-state index in [0.717, 1.165) is 10.9 Å². The molecule has 0 radical (unpaired) electrons. The van der Waals surface area contributed by atoms with Gasteiger partial charge < -0.3 is 9.88 Å². The number of hydrogen-bond acceptors (Lipinski definition) is 4. The van der Waals surface area contributed by atoms with Gasteiger partial charge in [-0.3, -0.25) is 4.79 Å². The summed E-state index contributed by atoms with van der Waals surface area (Å²) in [5.74, 6) is -0.256. The van der Waals surface area contributed by atoms with Crippen molar-refractivity contribution in [1.82, 2.24) is 14.9 Å². The number of benzene rings is 1. The van der Waals surface area contributed by atoms with Crippen LogP contribution in [0, 0.1) is 11.3 Å². The third-order valence-electron chi connectivity index (χ3n) is 2.95. The number of thioether (sulfide) groups is 1. The molecule has 0 aliphatic carbocycles. The summed E-state index contributed by atoms with van der Waals surface area (Å²) in [5.41, 5.74) is 1.68. The zero-order valence-corrected chi connectivity index (χ0v) is 12.1. The normalized spacial score (nSPS) is 10.1. The van der Waals surface area contributed by atoms with Crippen molar-refractivity contribution in [2.45, 2.75) is 11.7 Å². The minimum absolute atomic E-state index is 0.256. The molecule has 1 aromatic carbocycles. The maximum Gasteiger partial charge on any atom is 0.252 e. The van der Waals surface area contributed by atoms with E-state index < -0.39 is 0 Å². The average molecular weight is 286 g/mol. The maximum atomic E-state index is 12.1. The number of imidazole rings is 1. The minimum atomic E-state index is -0.256. The van der Waals surface area contributed by atoms with Crippen LogP contribution in [-0.2, 0) is 13.6 Å². The number of nitrogens with one attached hydrogen (secondary N) is 1. The van der Waals surface area contributed by atoms with Gasteiger partial charge in [-0.15, -0.1) is 0 Å². The van der Waals surface area contributed by atoms with E-state index in [1.807, 2.05) is 23.9 Å². The minimum Gasteiger partial charge on any atom is -0.346 e. The van der Waals surface area contributed by atoms with Crippen LogP contribution in [0.2, 0.25) is 0 Å². The van der Waals surface area contributed by atoms with E-state index in [1.165, 1.54) is 0 Å². The van der Waals surface area contributed by atoms with Crippen LogP contribution in [0.4, 0.5) is 0 Å². The van der Waals surface area contributed by atoms with Crippen molar-refractivity contribution in [3.63, 3.8) is 0 Å². The fourth-order valence-corrected chi connectivity index (χ4v) is 2.37. The van der Waals surface area contributed by atoms with Crippen LogP contribution >= 0.6 is 11.8 Å². The van der Waals surface area contributed by atoms with E-state index in [1.54, 1.807) is 42.2 Å². The number of nitriles is 1. The second-order valence-corrected chi connectivity index (χ2v) is 4.91. The lowest BCUT2D eigenvalue weighted by Crippen LogP contribution is -2.24. The monoisotopic (exact) mass is 286 g/mol. The molecule has 102 valence electrons. The van der Waals surface area contributed by atoms with E-state index in [-0.39, 0.29) is 5.91 Å². The Labute approximate surface area is 121 Å². The Morgan fingerprint density at radius 1 is 1.50 bits per heavy atom. The summed E-state index contributed by atoms with van der Waals surface area (Å²) in [6, 6.07) is 8.77. The molecule has 0 aliphatic heterocycles. The second-order valence-electron chi connectivity index (χ2n) is 4.14. The fraction of sp³-hybridized carbons (Fsp3) is 0.214. The quantitative estimate of drug-likeness (QED) is 0.872. The molecular weight excluding hydrogens is 272 g/mol. The lowest BCUT2D eigenvalue weighted by Gasteiger charge is -2.07. The average Bonchev–Trinajstić information content (AvgIpc) is 2.85. The predicted molar refractivity (Wildman–Crippen MR) is 77.3 cm³/mol. The topological polar surface area (TPSA) is 70.7 Å². The number of hydrogen-bond donors (Lipinski definition) is 1. The smallest absolute Gasteiger partial charge is 0.252 e. The van der Waals surface area contributed by atoms with Gasteiger partial charge in [0.05, 0.1) is 35.6 Å². The van der Waals surface area contributed by atoms with Crippen LogP contribution in [0.3, 0.4) is 0 Å². The number of amides is 1. The molecule has 2 aromatic rings. The summed E-state index contributed by atoms with van der Waals surface area (Å²) in [6.45, 7) is 0.378. The van der Waals surface area contributed by atoms with Gasteiger partial charge >= 0.3 is 0 Å². The van der Waals surface area contributed by atoms with Gasteiger partial charge in [0, 0.05) is 7.05 Å². The van der Waals surface area contributed by atoms with E-state index in [0.29, 0.717) is 17.7 Å². The molecule has 1 amide bonds. The summed E-state index contributed by atoms with van der Waals surface area (Å²) in [6.07, 6.45) is 3.69. The molecule has 1 N–H and O–H groups in total. The van der Waals surface area contributed by atoms with Crippen LogP contribution < -0.4 is 5.32 Å². The Balaban J connectivity index is 2.09. The van der Waals surface area contributed by atoms with Gasteiger partial charge in [0.15, 0.2) is 5.16 Å². The first-order valence-corrected chi connectivity index (χ1v) is 7.21. The van der Waals surface area contributed by atoms with Crippen molar-refractivity contribution in [1.29, 1.82) is 5.26 Å². The predicted octanol–water partition coefficient (Wildman–Crippen LogP) is 1.94. The van der Waals surface area contributed by atoms with Crippen LogP contribution in [0.15, 0.2) is 35.6 Å². The number of carbonyl (C=O) groups is 1. The molecular formula is C14H14N4OS. The highest BCUT2D eigenvalue weighted by Gasteiger charge is 2.11. The summed E-state index contributed by atoms with van der Waals surface area (Å²) in [4.78, 5) is 16.3. The van der Waals surface area contributed by atoms with Crippen molar-refractivity contribution in [3.8, 4) is 6.07 Å². The zero-order chi connectivity index (χ0) is 14.5. The summed E-state index contributed by atoms with van der Waals surface area (Å²) in [7, 11) is 1.91. The molecule has 0 unspecified atom stereocenters. The first kappa shape index (κ1) is 14.2. The van der Waals surface area contributed by atoms with E-state index >= 15 is 0 Å². The molecule has 0 saturated carbocycles. The van der Waals surface area contributed by atoms with Crippen molar-refractivity contribution >= 4 is 17.7 Å². The standard InChI is InChI=1S/C14H14N4OS/c1-18-11(9-17-14(18)20-2)8-16-13(19)12-6-4-3-5-10(12)7-15/h3-6,9H,8H2,1-2H3,(H,16,19). The molecule has 0 aliphatic rings. The molecule has 1 aromatic heterocycles. The van der Waals surface area contributed by atoms with Crippen LogP contribution in [-0.4, -0.2) is 21.7 Å². The molecule has 2 rings (SSSR count). The zero-order valence-electron chi connectivity index (χ0n) is 11.3. The van der Waals surface area contributed by atoms with Gasteiger partial charge in [-0.2, -0.15) is 5.26 Å². The SMILES string of the molecule is CSc1ncc(CNC(=O)c2ccccc2C#N)n1C. The number of nitrogens with zero attached hydrogens (tertiary/aromatic N) is 3. The highest BCUT2D eigenvalue weighted by Crippen LogP contribution is 2.13. The van der Waals surface area contributed by atoms with Gasteiger partial charge in [-0.25, -0.2) is 4.98 Å². The van der Waals surface area contributed by atoms with E-state index in [9.17, 15) is 4.79 Å². The molecule has 5 nitrogen and oxygen atoms in total. The number of carbonyl (C=O) groups excluding carboxylic acids is 1. The third-order valence-corrected chi connectivity index (χ3v) is 3.69. The van der Waals surface area contributed by atoms with Crippen LogP contribution in [0.5, 0.6) is 0 Å². The fourth-order valence-electron chi connectivity index (χ4n) is 1.82. The number of aromatic nitrogens is 2. The molecule has 0 saturated heterocycles. The van der Waals surface area contributed by atoms with Crippen LogP contribution in [0.25, 0.3) is 0 Å². The molecule has 0 bridgehead atoms. The van der Waals surface area contributed by atoms with Crippen LogP contribution in [0.1, 0.15) is 21.6 Å². The second kappa shape index (κ2) is 6.26. The molecule has 20 heavy (non-hydrogen) atoms. The molecule has 0 fully saturated rings. The Kier molecular flexibility index (Phi) is 4.43. The van der Waals surface area contributed by atoms with E-state index in [4.69, 9.17) is 5.26 Å². The largest absolute Gasteiger partial charge is 0.346 e. The first-order chi connectivity index (χ1) is 9.67. The van der Waals surface area contributed by atoms with Crippen molar-refractivity contribution in [3.05, 3.63) is 47.3 Å².